The zero-order chi connectivity index (χ0) is 18.9. The van der Waals surface area contributed by atoms with Crippen LogP contribution in [0.4, 0.5) is 17.3 Å². The number of thiophene rings is 1. The molecule has 0 saturated carbocycles. The number of anilines is 3. The molecule has 0 atom stereocenters. The van der Waals surface area contributed by atoms with Gasteiger partial charge in [0.1, 0.15) is 11.6 Å². The summed E-state index contributed by atoms with van der Waals surface area (Å²) >= 11 is 1.67. The summed E-state index contributed by atoms with van der Waals surface area (Å²) in [4.78, 5) is 18.6. The molecule has 0 unspecified atom stereocenters. The van der Waals surface area contributed by atoms with Gasteiger partial charge in [-0.1, -0.05) is 12.1 Å². The Morgan fingerprint density at radius 1 is 0.893 bits per heavy atom. The largest absolute Gasteiger partial charge is 0.384 e. The molecule has 0 aliphatic carbocycles. The molecule has 4 heterocycles. The van der Waals surface area contributed by atoms with Gasteiger partial charge in [0.15, 0.2) is 5.82 Å². The molecule has 28 heavy (non-hydrogen) atoms. The zero-order valence-corrected chi connectivity index (χ0v) is 16.1. The van der Waals surface area contributed by atoms with Gasteiger partial charge in [-0.2, -0.15) is 11.3 Å². The third-order valence-corrected chi connectivity index (χ3v) is 5.76. The molecule has 7 heteroatoms. The third-order valence-electron chi connectivity index (χ3n) is 5.08. The summed E-state index contributed by atoms with van der Waals surface area (Å²) in [6.45, 7) is 3.62. The van der Waals surface area contributed by atoms with Gasteiger partial charge < -0.3 is 15.5 Å². The van der Waals surface area contributed by atoms with Gasteiger partial charge in [-0.05, 0) is 35.7 Å². The van der Waals surface area contributed by atoms with Crippen LogP contribution in [-0.2, 0) is 0 Å². The summed E-state index contributed by atoms with van der Waals surface area (Å²) in [6.07, 6.45) is 1.85. The number of nitrogen functional groups attached to an aromatic ring is 1. The van der Waals surface area contributed by atoms with Crippen molar-refractivity contribution in [1.29, 1.82) is 0 Å². The lowest BCUT2D eigenvalue weighted by Crippen LogP contribution is -2.47. The van der Waals surface area contributed by atoms with E-state index < -0.39 is 0 Å². The number of piperazine rings is 1. The molecule has 5 rings (SSSR count). The average molecular weight is 389 g/mol. The van der Waals surface area contributed by atoms with E-state index in [1.807, 2.05) is 24.4 Å². The van der Waals surface area contributed by atoms with E-state index in [9.17, 15) is 0 Å². The van der Waals surface area contributed by atoms with E-state index in [4.69, 9.17) is 15.7 Å². The highest BCUT2D eigenvalue weighted by molar-refractivity contribution is 7.08. The van der Waals surface area contributed by atoms with Crippen LogP contribution < -0.4 is 15.5 Å². The Labute approximate surface area is 167 Å². The van der Waals surface area contributed by atoms with Gasteiger partial charge in [0.25, 0.3) is 0 Å². The fraction of sp³-hybridized carbons (Fsp3) is 0.190. The van der Waals surface area contributed by atoms with Crippen LogP contribution in [-0.4, -0.2) is 41.1 Å². The van der Waals surface area contributed by atoms with Crippen LogP contribution in [0.3, 0.4) is 0 Å². The number of aromatic nitrogens is 3. The van der Waals surface area contributed by atoms with Gasteiger partial charge >= 0.3 is 0 Å². The molecule has 6 nitrogen and oxygen atoms in total. The Kier molecular flexibility index (Phi) is 4.29. The first kappa shape index (κ1) is 16.9. The SMILES string of the molecule is Nc1ccc(N2CCN(c3nc(-c4ccsc4)nc4ccccc34)CC2)cn1. The predicted molar refractivity (Wildman–Crippen MR) is 116 cm³/mol. The number of nitrogens with zero attached hydrogens (tertiary/aromatic N) is 5. The lowest BCUT2D eigenvalue weighted by molar-refractivity contribution is 0.648. The van der Waals surface area contributed by atoms with Gasteiger partial charge in [0.05, 0.1) is 17.4 Å². The average Bonchev–Trinajstić information content (AvgIpc) is 3.29. The van der Waals surface area contributed by atoms with Crippen LogP contribution >= 0.6 is 11.3 Å². The topological polar surface area (TPSA) is 71.2 Å². The first-order valence-corrected chi connectivity index (χ1v) is 10.2. The van der Waals surface area contributed by atoms with E-state index in [2.05, 4.69) is 49.8 Å². The second-order valence-corrected chi connectivity index (χ2v) is 7.60. The van der Waals surface area contributed by atoms with Crippen molar-refractivity contribution in [3.63, 3.8) is 0 Å². The van der Waals surface area contributed by atoms with Gasteiger partial charge in [-0.15, -0.1) is 0 Å². The molecule has 3 aromatic heterocycles. The fourth-order valence-electron chi connectivity index (χ4n) is 3.58. The van der Waals surface area contributed by atoms with Crippen LogP contribution in [0.15, 0.2) is 59.4 Å². The van der Waals surface area contributed by atoms with E-state index in [-0.39, 0.29) is 0 Å². The minimum Gasteiger partial charge on any atom is -0.384 e. The molecule has 1 aliphatic heterocycles. The number of rotatable bonds is 3. The minimum atomic E-state index is 0.552. The maximum absolute atomic E-state index is 5.71. The summed E-state index contributed by atoms with van der Waals surface area (Å²) in [7, 11) is 0. The number of pyridine rings is 1. The standard InChI is InChI=1S/C21H20N6S/c22-19-6-5-16(13-23-19)26-8-10-27(11-9-26)21-17-3-1-2-4-18(17)24-20(25-21)15-7-12-28-14-15/h1-7,12-14H,8-11H2,(H2,22,23). The van der Waals surface area contributed by atoms with Gasteiger partial charge in [-0.3, -0.25) is 0 Å². The molecule has 2 N–H and O–H groups in total. The maximum Gasteiger partial charge on any atom is 0.162 e. The molecule has 0 spiro atoms. The van der Waals surface area contributed by atoms with E-state index >= 15 is 0 Å². The first-order valence-electron chi connectivity index (χ1n) is 9.29. The summed E-state index contributed by atoms with van der Waals surface area (Å²) in [5.74, 6) is 2.36. The molecule has 1 fully saturated rings. The second-order valence-electron chi connectivity index (χ2n) is 6.82. The highest BCUT2D eigenvalue weighted by Crippen LogP contribution is 2.29. The molecule has 140 valence electrons. The summed E-state index contributed by atoms with van der Waals surface area (Å²) in [6, 6.07) is 14.2. The van der Waals surface area contributed by atoms with Crippen LogP contribution in [0.25, 0.3) is 22.3 Å². The molecule has 0 amide bonds. The lowest BCUT2D eigenvalue weighted by Gasteiger charge is -2.37. The Hall–Kier alpha value is -3.19. The summed E-state index contributed by atoms with van der Waals surface area (Å²) in [5, 5.41) is 5.26. The van der Waals surface area contributed by atoms with E-state index in [0.29, 0.717) is 5.82 Å². The van der Waals surface area contributed by atoms with E-state index in [1.54, 1.807) is 11.3 Å². The third kappa shape index (κ3) is 3.14. The molecular weight excluding hydrogens is 368 g/mol. The Balaban J connectivity index is 1.45. The molecule has 1 aliphatic rings. The molecular formula is C21H20N6S. The van der Waals surface area contributed by atoms with Crippen LogP contribution in [0.2, 0.25) is 0 Å². The molecule has 1 aromatic carbocycles. The highest BCUT2D eigenvalue weighted by atomic mass is 32.1. The van der Waals surface area contributed by atoms with Crippen molar-refractivity contribution in [2.75, 3.05) is 41.7 Å². The van der Waals surface area contributed by atoms with Gasteiger partial charge in [0, 0.05) is 42.5 Å². The summed E-state index contributed by atoms with van der Waals surface area (Å²) in [5.41, 5.74) is 8.88. The molecule has 1 saturated heterocycles. The fourth-order valence-corrected chi connectivity index (χ4v) is 4.22. The Bertz CT molecular complexity index is 1090. The van der Waals surface area contributed by atoms with Gasteiger partial charge in [0.2, 0.25) is 0 Å². The highest BCUT2D eigenvalue weighted by Gasteiger charge is 2.21. The number of nitrogens with two attached hydrogens (primary N) is 1. The van der Waals surface area contributed by atoms with Crippen molar-refractivity contribution in [3.8, 4) is 11.4 Å². The minimum absolute atomic E-state index is 0.552. The monoisotopic (exact) mass is 388 g/mol. The number of benzene rings is 1. The smallest absolute Gasteiger partial charge is 0.162 e. The first-order chi connectivity index (χ1) is 13.8. The predicted octanol–water partition coefficient (Wildman–Crippen LogP) is 3.66. The number of hydrogen-bond acceptors (Lipinski definition) is 7. The summed E-state index contributed by atoms with van der Waals surface area (Å²) < 4.78 is 0. The van der Waals surface area contributed by atoms with Crippen molar-refractivity contribution < 1.29 is 0 Å². The normalized spacial score (nSPS) is 14.6. The number of para-hydroxylation sites is 1. The van der Waals surface area contributed by atoms with Crippen molar-refractivity contribution in [1.82, 2.24) is 15.0 Å². The number of hydrogen-bond donors (Lipinski definition) is 1. The molecule has 0 radical (unpaired) electrons. The lowest BCUT2D eigenvalue weighted by atomic mass is 10.2. The van der Waals surface area contributed by atoms with Crippen molar-refractivity contribution in [2.24, 2.45) is 0 Å². The van der Waals surface area contributed by atoms with E-state index in [0.717, 1.165) is 60.0 Å². The van der Waals surface area contributed by atoms with Crippen LogP contribution in [0.1, 0.15) is 0 Å². The van der Waals surface area contributed by atoms with Crippen LogP contribution in [0.5, 0.6) is 0 Å². The van der Waals surface area contributed by atoms with Crippen molar-refractivity contribution >= 4 is 39.6 Å². The van der Waals surface area contributed by atoms with Crippen LogP contribution in [0, 0.1) is 0 Å². The quantitative estimate of drug-likeness (QED) is 0.577. The van der Waals surface area contributed by atoms with Crippen molar-refractivity contribution in [3.05, 3.63) is 59.4 Å². The molecule has 0 bridgehead atoms. The van der Waals surface area contributed by atoms with E-state index in [1.165, 1.54) is 0 Å². The van der Waals surface area contributed by atoms with Gasteiger partial charge in [-0.25, -0.2) is 15.0 Å². The Morgan fingerprint density at radius 3 is 2.46 bits per heavy atom. The molecule has 4 aromatic rings. The Morgan fingerprint density at radius 2 is 1.71 bits per heavy atom. The second kappa shape index (κ2) is 7.09. The number of fused-ring (bicyclic) bond motifs is 1. The zero-order valence-electron chi connectivity index (χ0n) is 15.3. The maximum atomic E-state index is 5.71. The van der Waals surface area contributed by atoms with Crippen molar-refractivity contribution in [2.45, 2.75) is 0 Å².